The van der Waals surface area contributed by atoms with E-state index in [-0.39, 0.29) is 10.3 Å². The third-order valence-corrected chi connectivity index (χ3v) is 7.82. The zero-order valence-electron chi connectivity index (χ0n) is 9.40. The fourth-order valence-corrected chi connectivity index (χ4v) is 6.39. The summed E-state index contributed by atoms with van der Waals surface area (Å²) < 4.78 is 27.2. The second kappa shape index (κ2) is 4.61. The zero-order valence-corrected chi connectivity index (χ0v) is 12.5. The number of fused-ring (bicyclic) bond motifs is 1. The molecular weight excluding hydrogens is 315 g/mol. The van der Waals surface area contributed by atoms with Gasteiger partial charge in [-0.1, -0.05) is 23.2 Å². The smallest absolute Gasteiger partial charge is 0.252 e. The summed E-state index contributed by atoms with van der Waals surface area (Å²) in [6.07, 6.45) is 0.920. The normalized spacial score (nSPS) is 28.8. The average Bonchev–Trinajstić information content (AvgIpc) is 2.94. The Balaban J connectivity index is 1.95. The molecule has 2 aliphatic rings. The van der Waals surface area contributed by atoms with Crippen LogP contribution in [0.3, 0.4) is 0 Å². The van der Waals surface area contributed by atoms with Gasteiger partial charge in [0.1, 0.15) is 8.55 Å². The van der Waals surface area contributed by atoms with E-state index in [1.807, 2.05) is 0 Å². The van der Waals surface area contributed by atoms with Gasteiger partial charge in [0.25, 0.3) is 10.0 Å². The number of nitrogens with one attached hydrogen (secondary N) is 1. The van der Waals surface area contributed by atoms with Gasteiger partial charge in [-0.2, -0.15) is 4.31 Å². The van der Waals surface area contributed by atoms with E-state index in [0.29, 0.717) is 21.8 Å². The van der Waals surface area contributed by atoms with Crippen molar-refractivity contribution in [1.82, 2.24) is 9.62 Å². The molecule has 2 fully saturated rings. The van der Waals surface area contributed by atoms with Gasteiger partial charge >= 0.3 is 0 Å². The minimum Gasteiger partial charge on any atom is -0.315 e. The van der Waals surface area contributed by atoms with Crippen molar-refractivity contribution < 1.29 is 8.42 Å². The van der Waals surface area contributed by atoms with Crippen LogP contribution in [0, 0.1) is 5.92 Å². The molecule has 100 valence electrons. The zero-order chi connectivity index (χ0) is 12.9. The first-order valence-corrected chi connectivity index (χ1v) is 8.69. The van der Waals surface area contributed by atoms with Gasteiger partial charge in [0, 0.05) is 19.1 Å². The molecule has 0 spiro atoms. The van der Waals surface area contributed by atoms with Gasteiger partial charge < -0.3 is 5.32 Å². The predicted molar refractivity (Wildman–Crippen MR) is 73.0 cm³/mol. The molecule has 1 aromatic heterocycles. The molecule has 0 saturated carbocycles. The standard InChI is InChI=1S/C10H12Cl2N2O2S2/c11-7-3-9(17-10(7)12)18(15,16)14-2-1-6-4-13-5-8(6)14/h3,6,8,13H,1-2,4-5H2/t6-,8+/m0/s1. The van der Waals surface area contributed by atoms with E-state index in [4.69, 9.17) is 23.2 Å². The fraction of sp³-hybridized carbons (Fsp3) is 0.600. The number of sulfonamides is 1. The van der Waals surface area contributed by atoms with Crippen LogP contribution in [0.1, 0.15) is 6.42 Å². The van der Waals surface area contributed by atoms with E-state index < -0.39 is 10.0 Å². The summed E-state index contributed by atoms with van der Waals surface area (Å²) in [5.41, 5.74) is 0. The summed E-state index contributed by atoms with van der Waals surface area (Å²) in [7, 11) is -3.45. The molecule has 1 N–H and O–H groups in total. The third-order valence-electron chi connectivity index (χ3n) is 3.58. The van der Waals surface area contributed by atoms with Gasteiger partial charge in [-0.05, 0) is 24.9 Å². The van der Waals surface area contributed by atoms with Crippen LogP contribution in [0.2, 0.25) is 9.36 Å². The van der Waals surface area contributed by atoms with Crippen LogP contribution in [0.25, 0.3) is 0 Å². The molecular formula is C10H12Cl2N2O2S2. The van der Waals surface area contributed by atoms with Gasteiger partial charge in [-0.15, -0.1) is 11.3 Å². The average molecular weight is 327 g/mol. The van der Waals surface area contributed by atoms with E-state index in [1.54, 1.807) is 4.31 Å². The van der Waals surface area contributed by atoms with Crippen LogP contribution in [0.5, 0.6) is 0 Å². The van der Waals surface area contributed by atoms with E-state index in [1.165, 1.54) is 6.07 Å². The van der Waals surface area contributed by atoms with Crippen LogP contribution in [-0.4, -0.2) is 38.4 Å². The maximum atomic E-state index is 12.5. The molecule has 1 aromatic rings. The van der Waals surface area contributed by atoms with E-state index in [0.717, 1.165) is 30.8 Å². The molecule has 3 heterocycles. The Labute approximate surface area is 120 Å². The summed E-state index contributed by atoms with van der Waals surface area (Å²) in [4.78, 5) is 0. The number of halogens is 2. The number of hydrogen-bond donors (Lipinski definition) is 1. The summed E-state index contributed by atoms with van der Waals surface area (Å²) in [5, 5.41) is 3.55. The highest BCUT2D eigenvalue weighted by atomic mass is 35.5. The minimum atomic E-state index is -3.45. The maximum absolute atomic E-state index is 12.5. The molecule has 0 bridgehead atoms. The van der Waals surface area contributed by atoms with E-state index >= 15 is 0 Å². The Morgan fingerprint density at radius 3 is 2.83 bits per heavy atom. The lowest BCUT2D eigenvalue weighted by Gasteiger charge is -2.21. The second-order valence-electron chi connectivity index (χ2n) is 4.58. The van der Waals surface area contributed by atoms with Crippen molar-refractivity contribution in [2.24, 2.45) is 5.92 Å². The molecule has 4 nitrogen and oxygen atoms in total. The van der Waals surface area contributed by atoms with Gasteiger partial charge in [0.15, 0.2) is 0 Å². The minimum absolute atomic E-state index is 0.0784. The summed E-state index contributed by atoms with van der Waals surface area (Å²) in [6, 6.07) is 1.52. The number of hydrogen-bond acceptors (Lipinski definition) is 4. The van der Waals surface area contributed by atoms with Crippen molar-refractivity contribution in [3.8, 4) is 0 Å². The second-order valence-corrected chi connectivity index (χ2v) is 8.76. The fourth-order valence-electron chi connectivity index (χ4n) is 2.68. The van der Waals surface area contributed by atoms with Crippen molar-refractivity contribution in [2.45, 2.75) is 16.7 Å². The Hall–Kier alpha value is 0.150. The van der Waals surface area contributed by atoms with Gasteiger partial charge in [-0.3, -0.25) is 0 Å². The molecule has 0 unspecified atom stereocenters. The van der Waals surface area contributed by atoms with E-state index in [9.17, 15) is 8.42 Å². The quantitative estimate of drug-likeness (QED) is 0.904. The third kappa shape index (κ3) is 1.99. The van der Waals surface area contributed by atoms with Crippen LogP contribution < -0.4 is 5.32 Å². The molecule has 0 amide bonds. The first-order chi connectivity index (χ1) is 8.50. The molecule has 0 aromatic carbocycles. The van der Waals surface area contributed by atoms with Crippen molar-refractivity contribution in [2.75, 3.05) is 19.6 Å². The van der Waals surface area contributed by atoms with E-state index in [2.05, 4.69) is 5.32 Å². The van der Waals surface area contributed by atoms with Gasteiger partial charge in [0.05, 0.1) is 5.02 Å². The SMILES string of the molecule is O=S(=O)(c1cc(Cl)c(Cl)s1)N1CC[C@H]2CNC[C@H]21. The van der Waals surface area contributed by atoms with Crippen molar-refractivity contribution >= 4 is 44.6 Å². The lowest BCUT2D eigenvalue weighted by atomic mass is 10.1. The van der Waals surface area contributed by atoms with Gasteiger partial charge in [0.2, 0.25) is 0 Å². The van der Waals surface area contributed by atoms with Crippen LogP contribution >= 0.6 is 34.5 Å². The predicted octanol–water partition coefficient (Wildman–Crippen LogP) is 2.04. The monoisotopic (exact) mass is 326 g/mol. The highest BCUT2D eigenvalue weighted by molar-refractivity contribution is 7.91. The highest BCUT2D eigenvalue weighted by Crippen LogP contribution is 2.39. The van der Waals surface area contributed by atoms with Gasteiger partial charge in [-0.25, -0.2) is 8.42 Å². The summed E-state index contributed by atoms with van der Waals surface area (Å²) in [5.74, 6) is 0.436. The van der Waals surface area contributed by atoms with Crippen molar-refractivity contribution in [3.05, 3.63) is 15.4 Å². The molecule has 0 aliphatic carbocycles. The molecule has 0 radical (unpaired) electrons. The Kier molecular flexibility index (Phi) is 3.37. The lowest BCUT2D eigenvalue weighted by Crippen LogP contribution is -2.38. The number of rotatable bonds is 2. The summed E-state index contributed by atoms with van der Waals surface area (Å²) in [6.45, 7) is 2.23. The van der Waals surface area contributed by atoms with Crippen molar-refractivity contribution in [3.63, 3.8) is 0 Å². The van der Waals surface area contributed by atoms with Crippen molar-refractivity contribution in [1.29, 1.82) is 0 Å². The molecule has 3 rings (SSSR count). The van der Waals surface area contributed by atoms with Crippen LogP contribution in [-0.2, 0) is 10.0 Å². The number of nitrogens with zero attached hydrogens (tertiary/aromatic N) is 1. The maximum Gasteiger partial charge on any atom is 0.252 e. The highest BCUT2D eigenvalue weighted by Gasteiger charge is 2.44. The molecule has 18 heavy (non-hydrogen) atoms. The summed E-state index contributed by atoms with van der Waals surface area (Å²) >= 11 is 12.7. The van der Waals surface area contributed by atoms with Crippen LogP contribution in [0.15, 0.2) is 10.3 Å². The largest absolute Gasteiger partial charge is 0.315 e. The molecule has 2 aliphatic heterocycles. The number of thiophene rings is 1. The first kappa shape index (κ1) is 13.1. The Bertz CT molecular complexity index is 553. The Morgan fingerprint density at radius 1 is 1.39 bits per heavy atom. The topological polar surface area (TPSA) is 49.4 Å². The van der Waals surface area contributed by atoms with Crippen LogP contribution in [0.4, 0.5) is 0 Å². The molecule has 2 atom stereocenters. The first-order valence-electron chi connectivity index (χ1n) is 5.67. The molecule has 2 saturated heterocycles. The lowest BCUT2D eigenvalue weighted by molar-refractivity contribution is 0.384. The molecule has 8 heteroatoms. The Morgan fingerprint density at radius 2 is 2.17 bits per heavy atom.